The van der Waals surface area contributed by atoms with Gasteiger partial charge in [-0.15, -0.1) is 0 Å². The van der Waals surface area contributed by atoms with Crippen molar-refractivity contribution >= 4 is 0 Å². The highest BCUT2D eigenvalue weighted by Gasteiger charge is 2.31. The summed E-state index contributed by atoms with van der Waals surface area (Å²) in [7, 11) is 0. The lowest BCUT2D eigenvalue weighted by atomic mass is 10.1. The molecule has 1 saturated heterocycles. The summed E-state index contributed by atoms with van der Waals surface area (Å²) in [4.78, 5) is 4.62. The molecule has 4 heteroatoms. The summed E-state index contributed by atoms with van der Waals surface area (Å²) in [6, 6.07) is 7.01. The third-order valence-corrected chi connectivity index (χ3v) is 4.43. The fourth-order valence-corrected chi connectivity index (χ4v) is 2.89. The first-order valence-electron chi connectivity index (χ1n) is 7.58. The van der Waals surface area contributed by atoms with Crippen molar-refractivity contribution in [1.82, 2.24) is 9.80 Å². The quantitative estimate of drug-likeness (QED) is 0.888. The van der Waals surface area contributed by atoms with E-state index in [1.165, 1.54) is 18.9 Å². The van der Waals surface area contributed by atoms with Crippen molar-refractivity contribution in [3.63, 3.8) is 0 Å². The summed E-state index contributed by atoms with van der Waals surface area (Å²) in [5.74, 6) is 0.436. The third kappa shape index (κ3) is 3.57. The van der Waals surface area contributed by atoms with Crippen LogP contribution in [0.25, 0.3) is 0 Å². The van der Waals surface area contributed by atoms with Crippen LogP contribution in [0.2, 0.25) is 0 Å². The van der Waals surface area contributed by atoms with Gasteiger partial charge in [0, 0.05) is 44.8 Å². The minimum absolute atomic E-state index is 0.112. The molecule has 3 rings (SSSR count). The maximum atomic E-state index is 13.6. The van der Waals surface area contributed by atoms with Gasteiger partial charge in [-0.1, -0.05) is 18.2 Å². The second-order valence-corrected chi connectivity index (χ2v) is 6.07. The first-order chi connectivity index (χ1) is 9.72. The van der Waals surface area contributed by atoms with Crippen LogP contribution in [-0.2, 0) is 6.54 Å². The molecule has 0 amide bonds. The van der Waals surface area contributed by atoms with Crippen molar-refractivity contribution < 1.29 is 9.50 Å². The summed E-state index contributed by atoms with van der Waals surface area (Å²) in [6.45, 7) is 5.33. The number of β-amino-alcohol motifs (C(OH)–C–C–N with tert-alkyl or cyclic N) is 1. The highest BCUT2D eigenvalue weighted by Crippen LogP contribution is 2.32. The monoisotopic (exact) mass is 278 g/mol. The van der Waals surface area contributed by atoms with Crippen molar-refractivity contribution in [3.05, 3.63) is 35.6 Å². The summed E-state index contributed by atoms with van der Waals surface area (Å²) >= 11 is 0. The molecule has 1 aromatic carbocycles. The Hall–Kier alpha value is -0.970. The maximum absolute atomic E-state index is 13.6. The minimum Gasteiger partial charge on any atom is -0.392 e. The number of hydrogen-bond donors (Lipinski definition) is 1. The second-order valence-electron chi connectivity index (χ2n) is 6.07. The Labute approximate surface area is 120 Å². The van der Waals surface area contributed by atoms with E-state index in [4.69, 9.17) is 0 Å². The largest absolute Gasteiger partial charge is 0.392 e. The van der Waals surface area contributed by atoms with E-state index in [-0.39, 0.29) is 11.9 Å². The van der Waals surface area contributed by atoms with Gasteiger partial charge in [-0.2, -0.15) is 0 Å². The lowest BCUT2D eigenvalue weighted by Gasteiger charge is -2.35. The third-order valence-electron chi connectivity index (χ3n) is 4.43. The Kier molecular flexibility index (Phi) is 4.34. The molecular weight excluding hydrogens is 255 g/mol. The van der Waals surface area contributed by atoms with E-state index in [0.717, 1.165) is 38.3 Å². The topological polar surface area (TPSA) is 26.7 Å². The first-order valence-corrected chi connectivity index (χ1v) is 7.58. The smallest absolute Gasteiger partial charge is 0.127 e. The van der Waals surface area contributed by atoms with Crippen LogP contribution in [0.15, 0.2) is 24.3 Å². The lowest BCUT2D eigenvalue weighted by molar-refractivity contribution is 0.0599. The first kappa shape index (κ1) is 14.0. The van der Waals surface area contributed by atoms with Crippen LogP contribution in [0.5, 0.6) is 0 Å². The molecule has 0 spiro atoms. The summed E-state index contributed by atoms with van der Waals surface area (Å²) in [5, 5.41) is 9.97. The van der Waals surface area contributed by atoms with Gasteiger partial charge in [-0.3, -0.25) is 9.80 Å². The number of aliphatic hydroxyl groups excluding tert-OH is 1. The zero-order chi connectivity index (χ0) is 13.9. The molecule has 3 nitrogen and oxygen atoms in total. The van der Waals surface area contributed by atoms with Crippen molar-refractivity contribution in [2.75, 3.05) is 32.7 Å². The van der Waals surface area contributed by atoms with Gasteiger partial charge in [0.25, 0.3) is 0 Å². The van der Waals surface area contributed by atoms with Crippen LogP contribution < -0.4 is 0 Å². The molecule has 0 radical (unpaired) electrons. The van der Waals surface area contributed by atoms with Gasteiger partial charge in [-0.05, 0) is 24.8 Å². The zero-order valence-electron chi connectivity index (χ0n) is 11.8. The summed E-state index contributed by atoms with van der Waals surface area (Å²) < 4.78 is 13.6. The van der Waals surface area contributed by atoms with Gasteiger partial charge in [0.05, 0.1) is 6.10 Å². The van der Waals surface area contributed by atoms with E-state index in [9.17, 15) is 9.50 Å². The Bertz CT molecular complexity index is 442. The molecule has 1 N–H and O–H groups in total. The maximum Gasteiger partial charge on any atom is 0.127 e. The van der Waals surface area contributed by atoms with E-state index < -0.39 is 0 Å². The molecule has 2 aliphatic rings. The van der Waals surface area contributed by atoms with E-state index in [1.54, 1.807) is 6.07 Å². The van der Waals surface area contributed by atoms with Gasteiger partial charge in [0.2, 0.25) is 0 Å². The number of piperazine rings is 1. The number of halogens is 1. The van der Waals surface area contributed by atoms with E-state index in [0.29, 0.717) is 12.5 Å². The molecule has 1 aliphatic carbocycles. The van der Waals surface area contributed by atoms with Crippen LogP contribution in [0, 0.1) is 11.7 Å². The van der Waals surface area contributed by atoms with Gasteiger partial charge in [-0.25, -0.2) is 4.39 Å². The van der Waals surface area contributed by atoms with Crippen LogP contribution in [-0.4, -0.2) is 53.7 Å². The average Bonchev–Trinajstić information content (AvgIpc) is 3.28. The second kappa shape index (κ2) is 6.20. The van der Waals surface area contributed by atoms with Crippen molar-refractivity contribution in [3.8, 4) is 0 Å². The fraction of sp³-hybridized carbons (Fsp3) is 0.625. The Morgan fingerprint density at radius 2 is 1.75 bits per heavy atom. The van der Waals surface area contributed by atoms with Crippen LogP contribution in [0.3, 0.4) is 0 Å². The summed E-state index contributed by atoms with van der Waals surface area (Å²) in [5.41, 5.74) is 0.777. The number of aliphatic hydroxyl groups is 1. The molecule has 0 unspecified atom stereocenters. The average molecular weight is 278 g/mol. The molecular formula is C16H23FN2O. The normalized spacial score (nSPS) is 22.9. The van der Waals surface area contributed by atoms with Gasteiger partial charge in [0.1, 0.15) is 5.82 Å². The summed E-state index contributed by atoms with van der Waals surface area (Å²) in [6.07, 6.45) is 2.23. The number of benzene rings is 1. The predicted octanol–water partition coefficient (Wildman–Crippen LogP) is 1.71. The number of nitrogens with zero attached hydrogens (tertiary/aromatic N) is 2. The molecule has 1 aliphatic heterocycles. The predicted molar refractivity (Wildman–Crippen MR) is 76.8 cm³/mol. The Morgan fingerprint density at radius 3 is 2.40 bits per heavy atom. The molecule has 1 heterocycles. The number of rotatable bonds is 5. The van der Waals surface area contributed by atoms with E-state index in [2.05, 4.69) is 9.80 Å². The van der Waals surface area contributed by atoms with Crippen LogP contribution in [0.1, 0.15) is 18.4 Å². The molecule has 1 saturated carbocycles. The van der Waals surface area contributed by atoms with Gasteiger partial charge < -0.3 is 5.11 Å². The molecule has 2 fully saturated rings. The molecule has 1 aromatic rings. The zero-order valence-corrected chi connectivity index (χ0v) is 11.8. The van der Waals surface area contributed by atoms with Crippen molar-refractivity contribution in [2.45, 2.75) is 25.5 Å². The molecule has 0 bridgehead atoms. The standard InChI is InChI=1S/C16H23FN2O/c17-15-4-2-1-3-14(15)11-18-7-9-19(10-8-18)12-16(20)13-5-6-13/h1-4,13,16,20H,5-12H2/t16-/m1/s1. The molecule has 0 aromatic heterocycles. The molecule has 20 heavy (non-hydrogen) atoms. The van der Waals surface area contributed by atoms with Crippen LogP contribution in [0.4, 0.5) is 4.39 Å². The molecule has 1 atom stereocenters. The van der Waals surface area contributed by atoms with E-state index in [1.807, 2.05) is 12.1 Å². The van der Waals surface area contributed by atoms with Crippen molar-refractivity contribution in [1.29, 1.82) is 0 Å². The van der Waals surface area contributed by atoms with Crippen LogP contribution >= 0.6 is 0 Å². The fourth-order valence-electron chi connectivity index (χ4n) is 2.89. The Morgan fingerprint density at radius 1 is 1.10 bits per heavy atom. The highest BCUT2D eigenvalue weighted by molar-refractivity contribution is 5.17. The highest BCUT2D eigenvalue weighted by atomic mass is 19.1. The Balaban J connectivity index is 1.45. The minimum atomic E-state index is -0.145. The molecule has 110 valence electrons. The van der Waals surface area contributed by atoms with Crippen molar-refractivity contribution in [2.24, 2.45) is 5.92 Å². The van der Waals surface area contributed by atoms with Gasteiger partial charge in [0.15, 0.2) is 0 Å². The van der Waals surface area contributed by atoms with Gasteiger partial charge >= 0.3 is 0 Å². The SMILES string of the molecule is O[C@H](CN1CCN(Cc2ccccc2F)CC1)C1CC1. The lowest BCUT2D eigenvalue weighted by Crippen LogP contribution is -2.48. The number of hydrogen-bond acceptors (Lipinski definition) is 3. The van der Waals surface area contributed by atoms with E-state index >= 15 is 0 Å².